The minimum absolute atomic E-state index is 0.635. The van der Waals surface area contributed by atoms with Gasteiger partial charge in [0, 0.05) is 30.9 Å². The fourth-order valence-electron chi connectivity index (χ4n) is 3.83. The Labute approximate surface area is 117 Å². The van der Waals surface area contributed by atoms with Crippen molar-refractivity contribution in [3.8, 4) is 0 Å². The van der Waals surface area contributed by atoms with Crippen molar-refractivity contribution in [2.24, 2.45) is 0 Å². The standard InChI is InChI=1S/C17H26N2/c1-13-8-14(2)10-17(9-13)19-12-16-6-4-5-7-18(16)11-15(19)3/h8-10,15-16H,4-7,11-12H2,1-3H3. The molecular formula is C17H26N2. The van der Waals surface area contributed by atoms with Gasteiger partial charge < -0.3 is 4.90 Å². The molecule has 0 spiro atoms. The molecule has 2 atom stereocenters. The average Bonchev–Trinajstić information content (AvgIpc) is 2.36. The summed E-state index contributed by atoms with van der Waals surface area (Å²) in [4.78, 5) is 5.35. The molecule has 2 nitrogen and oxygen atoms in total. The van der Waals surface area contributed by atoms with E-state index in [-0.39, 0.29) is 0 Å². The zero-order valence-electron chi connectivity index (χ0n) is 12.5. The number of benzene rings is 1. The molecule has 0 aliphatic carbocycles. The third kappa shape index (κ3) is 2.64. The fraction of sp³-hybridized carbons (Fsp3) is 0.647. The lowest BCUT2D eigenvalue weighted by Crippen LogP contribution is -2.58. The SMILES string of the molecule is Cc1cc(C)cc(N2CC3CCCCN3CC2C)c1. The van der Waals surface area contributed by atoms with Gasteiger partial charge in [-0.3, -0.25) is 4.90 Å². The van der Waals surface area contributed by atoms with Crippen molar-refractivity contribution < 1.29 is 0 Å². The fourth-order valence-corrected chi connectivity index (χ4v) is 3.83. The van der Waals surface area contributed by atoms with Crippen LogP contribution in [0.1, 0.15) is 37.3 Å². The summed E-state index contributed by atoms with van der Waals surface area (Å²) in [5, 5.41) is 0. The molecule has 0 amide bonds. The Balaban J connectivity index is 1.83. The highest BCUT2D eigenvalue weighted by Gasteiger charge is 2.32. The molecule has 1 aromatic carbocycles. The van der Waals surface area contributed by atoms with E-state index < -0.39 is 0 Å². The van der Waals surface area contributed by atoms with Crippen molar-refractivity contribution in [1.82, 2.24) is 4.90 Å². The Morgan fingerprint density at radius 2 is 1.74 bits per heavy atom. The Hall–Kier alpha value is -1.02. The Kier molecular flexibility index (Phi) is 3.53. The van der Waals surface area contributed by atoms with Crippen molar-refractivity contribution in [3.63, 3.8) is 0 Å². The molecule has 0 bridgehead atoms. The quantitative estimate of drug-likeness (QED) is 0.762. The number of fused-ring (bicyclic) bond motifs is 1. The average molecular weight is 258 g/mol. The highest BCUT2D eigenvalue weighted by atomic mass is 15.3. The summed E-state index contributed by atoms with van der Waals surface area (Å²) < 4.78 is 0. The molecule has 19 heavy (non-hydrogen) atoms. The van der Waals surface area contributed by atoms with Gasteiger partial charge >= 0.3 is 0 Å². The lowest BCUT2D eigenvalue weighted by molar-refractivity contribution is 0.115. The molecule has 0 N–H and O–H groups in total. The van der Waals surface area contributed by atoms with Crippen LogP contribution in [-0.4, -0.2) is 36.6 Å². The third-order valence-electron chi connectivity index (χ3n) is 4.73. The number of hydrogen-bond donors (Lipinski definition) is 0. The molecule has 2 aliphatic rings. The summed E-state index contributed by atoms with van der Waals surface area (Å²) >= 11 is 0. The molecule has 2 aliphatic heterocycles. The normalized spacial score (nSPS) is 28.3. The van der Waals surface area contributed by atoms with E-state index in [4.69, 9.17) is 0 Å². The molecular weight excluding hydrogens is 232 g/mol. The summed E-state index contributed by atoms with van der Waals surface area (Å²) in [6, 6.07) is 8.39. The molecule has 2 unspecified atom stereocenters. The van der Waals surface area contributed by atoms with Gasteiger partial charge in [0.15, 0.2) is 0 Å². The maximum Gasteiger partial charge on any atom is 0.0389 e. The Bertz CT molecular complexity index is 434. The van der Waals surface area contributed by atoms with Gasteiger partial charge in [-0.05, 0) is 63.4 Å². The number of aryl methyl sites for hydroxylation is 2. The third-order valence-corrected chi connectivity index (χ3v) is 4.73. The van der Waals surface area contributed by atoms with Crippen LogP contribution in [0.2, 0.25) is 0 Å². The summed E-state index contributed by atoms with van der Waals surface area (Å²) in [5.74, 6) is 0. The molecule has 3 rings (SSSR count). The second-order valence-electron chi connectivity index (χ2n) is 6.49. The first-order valence-corrected chi connectivity index (χ1v) is 7.72. The smallest absolute Gasteiger partial charge is 0.0389 e. The number of anilines is 1. The van der Waals surface area contributed by atoms with Crippen LogP contribution in [0, 0.1) is 13.8 Å². The van der Waals surface area contributed by atoms with Crippen molar-refractivity contribution in [1.29, 1.82) is 0 Å². The van der Waals surface area contributed by atoms with Gasteiger partial charge in [-0.2, -0.15) is 0 Å². The van der Waals surface area contributed by atoms with Crippen molar-refractivity contribution >= 4 is 5.69 Å². The first-order valence-electron chi connectivity index (χ1n) is 7.72. The van der Waals surface area contributed by atoms with Crippen LogP contribution < -0.4 is 4.90 Å². The van der Waals surface area contributed by atoms with E-state index in [0.29, 0.717) is 6.04 Å². The number of nitrogens with zero attached hydrogens (tertiary/aromatic N) is 2. The monoisotopic (exact) mass is 258 g/mol. The van der Waals surface area contributed by atoms with Gasteiger partial charge in [-0.25, -0.2) is 0 Å². The van der Waals surface area contributed by atoms with E-state index >= 15 is 0 Å². The van der Waals surface area contributed by atoms with E-state index in [1.165, 1.54) is 55.7 Å². The van der Waals surface area contributed by atoms with Crippen molar-refractivity contribution in [3.05, 3.63) is 29.3 Å². The van der Waals surface area contributed by atoms with Crippen LogP contribution in [0.4, 0.5) is 5.69 Å². The number of rotatable bonds is 1. The molecule has 0 radical (unpaired) electrons. The lowest BCUT2D eigenvalue weighted by Gasteiger charge is -2.48. The predicted octanol–water partition coefficient (Wildman–Crippen LogP) is 3.37. The topological polar surface area (TPSA) is 6.48 Å². The Morgan fingerprint density at radius 3 is 2.47 bits per heavy atom. The highest BCUT2D eigenvalue weighted by Crippen LogP contribution is 2.29. The van der Waals surface area contributed by atoms with Crippen LogP contribution >= 0.6 is 0 Å². The van der Waals surface area contributed by atoms with Crippen LogP contribution in [0.15, 0.2) is 18.2 Å². The van der Waals surface area contributed by atoms with Crippen LogP contribution in [0.3, 0.4) is 0 Å². The van der Waals surface area contributed by atoms with Crippen LogP contribution in [0.5, 0.6) is 0 Å². The van der Waals surface area contributed by atoms with E-state index in [0.717, 1.165) is 6.04 Å². The molecule has 2 saturated heterocycles. The van der Waals surface area contributed by atoms with E-state index in [1.807, 2.05) is 0 Å². The summed E-state index contributed by atoms with van der Waals surface area (Å²) in [5.41, 5.74) is 4.19. The Morgan fingerprint density at radius 1 is 1.00 bits per heavy atom. The molecule has 2 heteroatoms. The van der Waals surface area contributed by atoms with Gasteiger partial charge in [-0.1, -0.05) is 12.5 Å². The minimum Gasteiger partial charge on any atom is -0.366 e. The maximum absolute atomic E-state index is 2.72. The van der Waals surface area contributed by atoms with E-state index in [9.17, 15) is 0 Å². The molecule has 2 fully saturated rings. The largest absolute Gasteiger partial charge is 0.366 e. The van der Waals surface area contributed by atoms with Crippen molar-refractivity contribution in [2.45, 2.75) is 52.1 Å². The molecule has 1 aromatic rings. The number of piperazine rings is 1. The van der Waals surface area contributed by atoms with Gasteiger partial charge in [0.05, 0.1) is 0 Å². The van der Waals surface area contributed by atoms with Crippen LogP contribution in [0.25, 0.3) is 0 Å². The summed E-state index contributed by atoms with van der Waals surface area (Å²) in [7, 11) is 0. The molecule has 104 valence electrons. The number of piperidine rings is 1. The highest BCUT2D eigenvalue weighted by molar-refractivity contribution is 5.52. The molecule has 0 saturated carbocycles. The second-order valence-corrected chi connectivity index (χ2v) is 6.49. The summed E-state index contributed by atoms with van der Waals surface area (Å²) in [6.45, 7) is 10.6. The van der Waals surface area contributed by atoms with Crippen molar-refractivity contribution in [2.75, 3.05) is 24.5 Å². The minimum atomic E-state index is 0.635. The van der Waals surface area contributed by atoms with Gasteiger partial charge in [0.1, 0.15) is 0 Å². The first-order chi connectivity index (χ1) is 9.13. The van der Waals surface area contributed by atoms with Gasteiger partial charge in [0.2, 0.25) is 0 Å². The molecule has 2 heterocycles. The summed E-state index contributed by atoms with van der Waals surface area (Å²) in [6.07, 6.45) is 4.19. The predicted molar refractivity (Wildman–Crippen MR) is 81.9 cm³/mol. The van der Waals surface area contributed by atoms with E-state index in [1.54, 1.807) is 0 Å². The molecule has 0 aromatic heterocycles. The van der Waals surface area contributed by atoms with Gasteiger partial charge in [0.25, 0.3) is 0 Å². The van der Waals surface area contributed by atoms with Gasteiger partial charge in [-0.15, -0.1) is 0 Å². The first kappa shape index (κ1) is 13.0. The van der Waals surface area contributed by atoms with E-state index in [2.05, 4.69) is 48.8 Å². The van der Waals surface area contributed by atoms with Crippen LogP contribution in [-0.2, 0) is 0 Å². The maximum atomic E-state index is 2.72. The zero-order valence-corrected chi connectivity index (χ0v) is 12.5. The lowest BCUT2D eigenvalue weighted by atomic mass is 9.96. The second kappa shape index (κ2) is 5.16. The zero-order chi connectivity index (χ0) is 13.4. The number of hydrogen-bond acceptors (Lipinski definition) is 2.